The normalized spacial score (nSPS) is 14.5. The van der Waals surface area contributed by atoms with E-state index < -0.39 is 0 Å². The van der Waals surface area contributed by atoms with Gasteiger partial charge in [0.2, 0.25) is 5.91 Å². The minimum absolute atomic E-state index is 0.214. The van der Waals surface area contributed by atoms with Crippen LogP contribution in [0.15, 0.2) is 54.6 Å². The molecule has 5 nitrogen and oxygen atoms in total. The first kappa shape index (κ1) is 23.0. The Morgan fingerprint density at radius 3 is 2.24 bits per heavy atom. The summed E-state index contributed by atoms with van der Waals surface area (Å²) in [6.07, 6.45) is 0.789. The first-order valence-corrected chi connectivity index (χ1v) is 11.7. The van der Waals surface area contributed by atoms with E-state index in [0.29, 0.717) is 13.1 Å². The second-order valence-electron chi connectivity index (χ2n) is 10.00. The number of anilines is 1. The lowest BCUT2D eigenvalue weighted by molar-refractivity contribution is -0.139. The molecule has 2 aromatic carbocycles. The molecule has 0 saturated carbocycles. The van der Waals surface area contributed by atoms with Gasteiger partial charge < -0.3 is 9.80 Å². The van der Waals surface area contributed by atoms with Gasteiger partial charge in [0.05, 0.1) is 0 Å². The highest BCUT2D eigenvalue weighted by molar-refractivity contribution is 5.81. The highest BCUT2D eigenvalue weighted by Crippen LogP contribution is 2.29. The van der Waals surface area contributed by atoms with Gasteiger partial charge in [-0.05, 0) is 25.5 Å². The molecule has 1 fully saturated rings. The topological polar surface area (TPSA) is 49.3 Å². The average molecular weight is 443 g/mol. The minimum atomic E-state index is -0.357. The van der Waals surface area contributed by atoms with Crippen LogP contribution in [0.25, 0.3) is 11.4 Å². The maximum Gasteiger partial charge on any atom is 0.228 e. The van der Waals surface area contributed by atoms with Crippen molar-refractivity contribution >= 4 is 11.7 Å². The van der Waals surface area contributed by atoms with Crippen molar-refractivity contribution in [3.63, 3.8) is 0 Å². The summed E-state index contributed by atoms with van der Waals surface area (Å²) in [5.74, 6) is 1.97. The van der Waals surface area contributed by atoms with Crippen molar-refractivity contribution in [3.8, 4) is 11.4 Å². The van der Waals surface area contributed by atoms with E-state index in [9.17, 15) is 4.79 Å². The molecule has 33 heavy (non-hydrogen) atoms. The van der Waals surface area contributed by atoms with Gasteiger partial charge in [0.1, 0.15) is 5.82 Å². The zero-order valence-corrected chi connectivity index (χ0v) is 20.4. The van der Waals surface area contributed by atoms with Gasteiger partial charge in [-0.15, -0.1) is 0 Å². The Morgan fingerprint density at radius 1 is 0.909 bits per heavy atom. The fourth-order valence-corrected chi connectivity index (χ4v) is 4.36. The van der Waals surface area contributed by atoms with Crippen molar-refractivity contribution in [1.29, 1.82) is 0 Å². The fraction of sp³-hybridized carbons (Fsp3) is 0.393. The fourth-order valence-electron chi connectivity index (χ4n) is 4.36. The number of aryl methyl sites for hydroxylation is 2. The largest absolute Gasteiger partial charge is 0.353 e. The number of amides is 1. The Kier molecular flexibility index (Phi) is 6.50. The van der Waals surface area contributed by atoms with Crippen LogP contribution in [0, 0.1) is 19.3 Å². The van der Waals surface area contributed by atoms with Gasteiger partial charge in [-0.1, -0.05) is 74.9 Å². The van der Waals surface area contributed by atoms with Crippen LogP contribution in [-0.4, -0.2) is 47.0 Å². The molecule has 0 aliphatic carbocycles. The van der Waals surface area contributed by atoms with Crippen LogP contribution in [0.5, 0.6) is 0 Å². The number of carbonyl (C=O) groups excluding carboxylic acids is 1. The highest BCUT2D eigenvalue weighted by atomic mass is 16.2. The third kappa shape index (κ3) is 5.24. The monoisotopic (exact) mass is 442 g/mol. The summed E-state index contributed by atoms with van der Waals surface area (Å²) in [6.45, 7) is 13.1. The molecule has 172 valence electrons. The van der Waals surface area contributed by atoms with Gasteiger partial charge in [0.25, 0.3) is 0 Å². The summed E-state index contributed by atoms with van der Waals surface area (Å²) in [4.78, 5) is 27.1. The van der Waals surface area contributed by atoms with E-state index in [-0.39, 0.29) is 11.3 Å². The van der Waals surface area contributed by atoms with E-state index in [0.717, 1.165) is 48.0 Å². The Bertz CT molecular complexity index is 1130. The number of hydrogen-bond acceptors (Lipinski definition) is 4. The van der Waals surface area contributed by atoms with Crippen LogP contribution in [0.4, 0.5) is 5.82 Å². The van der Waals surface area contributed by atoms with Crippen molar-refractivity contribution < 1.29 is 4.79 Å². The van der Waals surface area contributed by atoms with E-state index in [1.807, 2.05) is 31.7 Å². The van der Waals surface area contributed by atoms with Crippen LogP contribution in [0.1, 0.15) is 43.2 Å². The molecule has 1 aliphatic rings. The van der Waals surface area contributed by atoms with Gasteiger partial charge >= 0.3 is 0 Å². The summed E-state index contributed by atoms with van der Waals surface area (Å²) in [5.41, 5.74) is 5.28. The molecule has 4 rings (SSSR count). The molecule has 3 aromatic rings. The summed E-state index contributed by atoms with van der Waals surface area (Å²) in [5, 5.41) is 0. The molecule has 0 N–H and O–H groups in total. The minimum Gasteiger partial charge on any atom is -0.353 e. The summed E-state index contributed by atoms with van der Waals surface area (Å²) in [6, 6.07) is 18.8. The van der Waals surface area contributed by atoms with Crippen LogP contribution in [0.3, 0.4) is 0 Å². The van der Waals surface area contributed by atoms with Crippen molar-refractivity contribution in [1.82, 2.24) is 14.9 Å². The van der Waals surface area contributed by atoms with Crippen molar-refractivity contribution in [2.24, 2.45) is 5.41 Å². The molecule has 0 atom stereocenters. The predicted octanol–water partition coefficient (Wildman–Crippen LogP) is 5.05. The maximum absolute atomic E-state index is 12.8. The van der Waals surface area contributed by atoms with Gasteiger partial charge in [-0.2, -0.15) is 0 Å². The van der Waals surface area contributed by atoms with E-state index in [1.165, 1.54) is 11.1 Å². The predicted molar refractivity (Wildman–Crippen MR) is 134 cm³/mol. The number of rotatable bonds is 4. The van der Waals surface area contributed by atoms with Crippen LogP contribution >= 0.6 is 0 Å². The lowest BCUT2D eigenvalue weighted by Crippen LogP contribution is -2.52. The summed E-state index contributed by atoms with van der Waals surface area (Å²) < 4.78 is 0. The number of aromatic nitrogens is 2. The SMILES string of the molecule is Cc1cccc(-c2nc(C)c(Cc3ccccc3)c(N3CCN(C(=O)C(C)(C)C)CC3)n2)c1. The van der Waals surface area contributed by atoms with E-state index in [4.69, 9.17) is 9.97 Å². The van der Waals surface area contributed by atoms with Crippen LogP contribution in [0.2, 0.25) is 0 Å². The molecule has 1 aliphatic heterocycles. The van der Waals surface area contributed by atoms with E-state index in [2.05, 4.69) is 67.3 Å². The molecule has 1 amide bonds. The third-order valence-electron chi connectivity index (χ3n) is 6.20. The van der Waals surface area contributed by atoms with Crippen LogP contribution in [-0.2, 0) is 11.2 Å². The molecule has 0 unspecified atom stereocenters. The van der Waals surface area contributed by atoms with Crippen molar-refractivity contribution in [3.05, 3.63) is 77.0 Å². The first-order chi connectivity index (χ1) is 15.7. The van der Waals surface area contributed by atoms with Crippen LogP contribution < -0.4 is 4.90 Å². The standard InChI is InChI=1S/C28H34N4O/c1-20-10-9-13-23(18-20)25-29-21(2)24(19-22-11-7-6-8-12-22)26(30-25)31-14-16-32(17-15-31)27(33)28(3,4)5/h6-13,18H,14-17,19H2,1-5H3. The molecule has 0 radical (unpaired) electrons. The Labute approximate surface area is 197 Å². The zero-order chi connectivity index (χ0) is 23.6. The lowest BCUT2D eigenvalue weighted by atomic mass is 9.94. The smallest absolute Gasteiger partial charge is 0.228 e. The third-order valence-corrected chi connectivity index (χ3v) is 6.20. The summed E-state index contributed by atoms with van der Waals surface area (Å²) in [7, 11) is 0. The van der Waals surface area contributed by atoms with Gasteiger partial charge in [-0.25, -0.2) is 9.97 Å². The quantitative estimate of drug-likeness (QED) is 0.568. The van der Waals surface area contributed by atoms with E-state index in [1.54, 1.807) is 0 Å². The molecule has 0 bridgehead atoms. The van der Waals surface area contributed by atoms with Gasteiger partial charge in [-0.3, -0.25) is 4.79 Å². The molecule has 5 heteroatoms. The second kappa shape index (κ2) is 9.34. The van der Waals surface area contributed by atoms with Crippen molar-refractivity contribution in [2.45, 2.75) is 41.0 Å². The van der Waals surface area contributed by atoms with Gasteiger partial charge in [0.15, 0.2) is 5.82 Å². The lowest BCUT2D eigenvalue weighted by Gasteiger charge is -2.39. The molecule has 2 heterocycles. The number of piperazine rings is 1. The number of hydrogen-bond donors (Lipinski definition) is 0. The molecule has 1 aromatic heterocycles. The molecular weight excluding hydrogens is 408 g/mol. The Morgan fingerprint density at radius 2 is 1.61 bits per heavy atom. The van der Waals surface area contributed by atoms with Crippen molar-refractivity contribution in [2.75, 3.05) is 31.1 Å². The highest BCUT2D eigenvalue weighted by Gasteiger charge is 2.31. The maximum atomic E-state index is 12.8. The first-order valence-electron chi connectivity index (χ1n) is 11.7. The molecule has 0 spiro atoms. The average Bonchev–Trinajstić information content (AvgIpc) is 2.80. The van der Waals surface area contributed by atoms with E-state index >= 15 is 0 Å². The number of benzene rings is 2. The Hall–Kier alpha value is -3.21. The Balaban J connectivity index is 1.69. The number of nitrogens with zero attached hydrogens (tertiary/aromatic N) is 4. The van der Waals surface area contributed by atoms with Gasteiger partial charge in [0, 0.05) is 54.8 Å². The molecule has 1 saturated heterocycles. The molecular formula is C28H34N4O. The summed E-state index contributed by atoms with van der Waals surface area (Å²) >= 11 is 0. The zero-order valence-electron chi connectivity index (χ0n) is 20.4. The number of carbonyl (C=O) groups is 1. The second-order valence-corrected chi connectivity index (χ2v) is 10.00.